The van der Waals surface area contributed by atoms with Crippen LogP contribution in [-0.4, -0.2) is 35.3 Å². The summed E-state index contributed by atoms with van der Waals surface area (Å²) in [6, 6.07) is 14.0. The van der Waals surface area contributed by atoms with E-state index in [-0.39, 0.29) is 24.5 Å². The molecule has 7 nitrogen and oxygen atoms in total. The number of para-hydroxylation sites is 1. The Morgan fingerprint density at radius 2 is 1.74 bits per heavy atom. The molecular weight excluding hydrogens is 302 g/mol. The number of nitro benzene ring substituents is 1. The van der Waals surface area contributed by atoms with E-state index in [1.54, 1.807) is 24.3 Å². The zero-order valence-corrected chi connectivity index (χ0v) is 12.1. The Labute approximate surface area is 132 Å². The Balaban J connectivity index is 1.78. The predicted octanol–water partition coefficient (Wildman–Crippen LogP) is 2.19. The van der Waals surface area contributed by atoms with Gasteiger partial charge in [0.1, 0.15) is 25.1 Å². The molecule has 0 bridgehead atoms. The van der Waals surface area contributed by atoms with Crippen molar-refractivity contribution in [3.8, 4) is 5.75 Å². The van der Waals surface area contributed by atoms with Gasteiger partial charge in [-0.15, -0.1) is 0 Å². The van der Waals surface area contributed by atoms with Gasteiger partial charge >= 0.3 is 5.97 Å². The van der Waals surface area contributed by atoms with E-state index in [4.69, 9.17) is 9.47 Å². The Morgan fingerprint density at radius 1 is 1.09 bits per heavy atom. The third-order valence-electron chi connectivity index (χ3n) is 2.91. The molecule has 2 aromatic rings. The molecule has 7 heteroatoms. The summed E-state index contributed by atoms with van der Waals surface area (Å²) in [5.41, 5.74) is 0.0598. The maximum atomic E-state index is 11.8. The Bertz CT molecular complexity index is 656. The first kappa shape index (κ1) is 16.4. The molecule has 2 rings (SSSR count). The highest BCUT2D eigenvalue weighted by atomic mass is 16.6. The van der Waals surface area contributed by atoms with Crippen LogP contribution >= 0.6 is 0 Å². The maximum absolute atomic E-state index is 11.8. The lowest BCUT2D eigenvalue weighted by atomic mass is 10.2. The number of hydrogen-bond donors (Lipinski definition) is 1. The number of benzene rings is 2. The van der Waals surface area contributed by atoms with Crippen molar-refractivity contribution in [2.24, 2.45) is 0 Å². The third kappa shape index (κ3) is 5.08. The molecule has 120 valence electrons. The second kappa shape index (κ2) is 7.90. The SMILES string of the molecule is O=C(OC[C@H](O)COc1ccccc1)c1ccc([N+](=O)[O-])cc1. The van der Waals surface area contributed by atoms with Crippen molar-refractivity contribution < 1.29 is 24.3 Å². The van der Waals surface area contributed by atoms with E-state index < -0.39 is 17.0 Å². The fraction of sp³-hybridized carbons (Fsp3) is 0.188. The van der Waals surface area contributed by atoms with Crippen molar-refractivity contribution in [2.75, 3.05) is 13.2 Å². The maximum Gasteiger partial charge on any atom is 0.338 e. The van der Waals surface area contributed by atoms with Gasteiger partial charge in [0.25, 0.3) is 5.69 Å². The highest BCUT2D eigenvalue weighted by Crippen LogP contribution is 2.13. The molecule has 1 atom stereocenters. The minimum absolute atomic E-state index is 0.0163. The van der Waals surface area contributed by atoms with E-state index in [0.717, 1.165) is 0 Å². The summed E-state index contributed by atoms with van der Waals surface area (Å²) in [4.78, 5) is 21.7. The van der Waals surface area contributed by atoms with Gasteiger partial charge in [0.2, 0.25) is 0 Å². The van der Waals surface area contributed by atoms with Crippen molar-refractivity contribution in [3.63, 3.8) is 0 Å². The van der Waals surface area contributed by atoms with Gasteiger partial charge in [-0.25, -0.2) is 4.79 Å². The normalized spacial score (nSPS) is 11.5. The van der Waals surface area contributed by atoms with E-state index in [1.165, 1.54) is 24.3 Å². The summed E-state index contributed by atoms with van der Waals surface area (Å²) in [5.74, 6) is -0.0631. The van der Waals surface area contributed by atoms with Crippen molar-refractivity contribution in [2.45, 2.75) is 6.10 Å². The molecule has 0 saturated carbocycles. The lowest BCUT2D eigenvalue weighted by Crippen LogP contribution is -2.25. The number of carbonyl (C=O) groups excluding carboxylic acids is 1. The quantitative estimate of drug-likeness (QED) is 0.477. The average molecular weight is 317 g/mol. The Kier molecular flexibility index (Phi) is 5.65. The number of aliphatic hydroxyl groups excluding tert-OH is 1. The molecule has 23 heavy (non-hydrogen) atoms. The number of nitrogens with zero attached hydrogens (tertiary/aromatic N) is 1. The molecule has 0 spiro atoms. The van der Waals surface area contributed by atoms with Crippen molar-refractivity contribution in [3.05, 3.63) is 70.3 Å². The van der Waals surface area contributed by atoms with Crippen LogP contribution in [0.2, 0.25) is 0 Å². The number of hydrogen-bond acceptors (Lipinski definition) is 6. The number of nitro groups is 1. The van der Waals surface area contributed by atoms with Gasteiger partial charge < -0.3 is 14.6 Å². The highest BCUT2D eigenvalue weighted by molar-refractivity contribution is 5.89. The summed E-state index contributed by atoms with van der Waals surface area (Å²) in [7, 11) is 0. The zero-order valence-electron chi connectivity index (χ0n) is 12.1. The summed E-state index contributed by atoms with van der Waals surface area (Å²) < 4.78 is 10.3. The van der Waals surface area contributed by atoms with Crippen LogP contribution in [-0.2, 0) is 4.74 Å². The molecule has 0 fully saturated rings. The lowest BCUT2D eigenvalue weighted by molar-refractivity contribution is -0.384. The second-order valence-corrected chi connectivity index (χ2v) is 4.68. The molecule has 0 unspecified atom stereocenters. The van der Waals surface area contributed by atoms with Crippen LogP contribution in [0.4, 0.5) is 5.69 Å². The molecule has 0 heterocycles. The fourth-order valence-electron chi connectivity index (χ4n) is 1.73. The van der Waals surface area contributed by atoms with Gasteiger partial charge in [-0.1, -0.05) is 18.2 Å². The summed E-state index contributed by atoms with van der Waals surface area (Å²) >= 11 is 0. The van der Waals surface area contributed by atoms with Crippen molar-refractivity contribution >= 4 is 11.7 Å². The topological polar surface area (TPSA) is 98.9 Å². The van der Waals surface area contributed by atoms with Gasteiger partial charge in [-0.05, 0) is 24.3 Å². The van der Waals surface area contributed by atoms with Crippen molar-refractivity contribution in [1.82, 2.24) is 0 Å². The van der Waals surface area contributed by atoms with Crippen LogP contribution in [0.3, 0.4) is 0 Å². The molecule has 0 aliphatic rings. The minimum atomic E-state index is -0.975. The second-order valence-electron chi connectivity index (χ2n) is 4.68. The number of non-ortho nitro benzene ring substituents is 1. The molecule has 0 aliphatic carbocycles. The van der Waals surface area contributed by atoms with Crippen LogP contribution in [0.1, 0.15) is 10.4 Å². The highest BCUT2D eigenvalue weighted by Gasteiger charge is 2.13. The van der Waals surface area contributed by atoms with E-state index in [0.29, 0.717) is 5.75 Å². The average Bonchev–Trinajstić information content (AvgIpc) is 2.58. The largest absolute Gasteiger partial charge is 0.491 e. The van der Waals surface area contributed by atoms with Crippen molar-refractivity contribution in [1.29, 1.82) is 0 Å². The van der Waals surface area contributed by atoms with Crippen LogP contribution < -0.4 is 4.74 Å². The molecule has 0 aliphatic heterocycles. The summed E-state index contributed by atoms with van der Waals surface area (Å²) in [5, 5.41) is 20.3. The van der Waals surface area contributed by atoms with E-state index in [1.807, 2.05) is 6.07 Å². The first-order chi connectivity index (χ1) is 11.1. The monoisotopic (exact) mass is 317 g/mol. The number of aliphatic hydroxyl groups is 1. The number of carbonyl (C=O) groups is 1. The third-order valence-corrected chi connectivity index (χ3v) is 2.91. The molecular formula is C16H15NO6. The van der Waals surface area contributed by atoms with Gasteiger partial charge in [-0.2, -0.15) is 0 Å². The predicted molar refractivity (Wildman–Crippen MR) is 81.3 cm³/mol. The molecule has 0 saturated heterocycles. The smallest absolute Gasteiger partial charge is 0.338 e. The Hall–Kier alpha value is -2.93. The molecule has 1 N–H and O–H groups in total. The van der Waals surface area contributed by atoms with Crippen LogP contribution in [0.25, 0.3) is 0 Å². The molecule has 2 aromatic carbocycles. The first-order valence-electron chi connectivity index (χ1n) is 6.84. The summed E-state index contributed by atoms with van der Waals surface area (Å²) in [6.45, 7) is -0.250. The first-order valence-corrected chi connectivity index (χ1v) is 6.84. The van der Waals surface area contributed by atoms with E-state index in [2.05, 4.69) is 0 Å². The van der Waals surface area contributed by atoms with Gasteiger partial charge in [0, 0.05) is 12.1 Å². The standard InChI is InChI=1S/C16H15NO6/c18-14(10-22-15-4-2-1-3-5-15)11-23-16(19)12-6-8-13(9-7-12)17(20)21/h1-9,14,18H,10-11H2/t14-/m1/s1. The number of rotatable bonds is 7. The summed E-state index contributed by atoms with van der Waals surface area (Å²) in [6.07, 6.45) is -0.975. The zero-order chi connectivity index (χ0) is 16.7. The van der Waals surface area contributed by atoms with Crippen LogP contribution in [0.15, 0.2) is 54.6 Å². The number of ether oxygens (including phenoxy) is 2. The number of esters is 1. The fourth-order valence-corrected chi connectivity index (χ4v) is 1.73. The lowest BCUT2D eigenvalue weighted by Gasteiger charge is -2.12. The Morgan fingerprint density at radius 3 is 2.35 bits per heavy atom. The van der Waals surface area contributed by atoms with E-state index >= 15 is 0 Å². The van der Waals surface area contributed by atoms with Gasteiger partial charge in [0.05, 0.1) is 10.5 Å². The van der Waals surface area contributed by atoms with Crippen LogP contribution in [0.5, 0.6) is 5.75 Å². The van der Waals surface area contributed by atoms with E-state index in [9.17, 15) is 20.0 Å². The molecule has 0 amide bonds. The molecule has 0 aromatic heterocycles. The van der Waals surface area contributed by atoms with Gasteiger partial charge in [0.15, 0.2) is 0 Å². The molecule has 0 radical (unpaired) electrons. The van der Waals surface area contributed by atoms with Crippen LogP contribution in [0, 0.1) is 10.1 Å². The minimum Gasteiger partial charge on any atom is -0.491 e. The van der Waals surface area contributed by atoms with Gasteiger partial charge in [-0.3, -0.25) is 10.1 Å².